The summed E-state index contributed by atoms with van der Waals surface area (Å²) in [5.41, 5.74) is 3.68. The second kappa shape index (κ2) is 8.35. The van der Waals surface area contributed by atoms with E-state index in [1.54, 1.807) is 30.5 Å². The van der Waals surface area contributed by atoms with Gasteiger partial charge in [-0.3, -0.25) is 19.3 Å². The summed E-state index contributed by atoms with van der Waals surface area (Å²) in [5.74, 6) is -1.25. The van der Waals surface area contributed by atoms with Crippen molar-refractivity contribution in [3.05, 3.63) is 86.6 Å². The van der Waals surface area contributed by atoms with Crippen molar-refractivity contribution in [1.82, 2.24) is 10.3 Å². The number of allylic oxidation sites excluding steroid dienone is 1. The van der Waals surface area contributed by atoms with E-state index in [0.29, 0.717) is 22.5 Å². The van der Waals surface area contributed by atoms with Crippen molar-refractivity contribution in [2.45, 2.75) is 19.9 Å². The molecule has 2 N–H and O–H groups in total. The number of pyridine rings is 1. The smallest absolute Gasteiger partial charge is 0.300 e. The molecule has 0 spiro atoms. The van der Waals surface area contributed by atoms with Crippen LogP contribution in [0.25, 0.3) is 11.1 Å². The number of H-pyrrole nitrogens is 1. The van der Waals surface area contributed by atoms with Gasteiger partial charge in [0.1, 0.15) is 0 Å². The average Bonchev–Trinajstić information content (AvgIpc) is 3.38. The van der Waals surface area contributed by atoms with Gasteiger partial charge in [-0.25, -0.2) is 0 Å². The highest BCUT2D eigenvalue weighted by atomic mass is 32.1. The van der Waals surface area contributed by atoms with Gasteiger partial charge < -0.3 is 10.3 Å². The zero-order chi connectivity index (χ0) is 22.1. The Hall–Kier alpha value is -3.45. The van der Waals surface area contributed by atoms with Gasteiger partial charge in [-0.2, -0.15) is 11.3 Å². The highest BCUT2D eigenvalue weighted by Crippen LogP contribution is 2.40. The highest BCUT2D eigenvalue weighted by Gasteiger charge is 2.47. The first kappa shape index (κ1) is 20.8. The zero-order valence-electron chi connectivity index (χ0n) is 17.5. The number of thiophene rings is 1. The lowest BCUT2D eigenvalue weighted by atomic mass is 9.93. The summed E-state index contributed by atoms with van der Waals surface area (Å²) < 4.78 is 0. The summed E-state index contributed by atoms with van der Waals surface area (Å²) in [7, 11) is 1.73. The summed E-state index contributed by atoms with van der Waals surface area (Å²) >= 11 is 1.61. The van der Waals surface area contributed by atoms with Crippen LogP contribution in [0.3, 0.4) is 0 Å². The van der Waals surface area contributed by atoms with Crippen LogP contribution in [-0.4, -0.2) is 23.7 Å². The largest absolute Gasteiger partial charge is 0.391 e. The first-order valence-electron chi connectivity index (χ1n) is 10.0. The Bertz CT molecular complexity index is 1210. The van der Waals surface area contributed by atoms with E-state index in [1.807, 2.05) is 49.6 Å². The van der Waals surface area contributed by atoms with Gasteiger partial charge in [0.2, 0.25) is 0 Å². The molecule has 0 radical (unpaired) electrons. The lowest BCUT2D eigenvalue weighted by molar-refractivity contribution is -0.132. The molecule has 0 saturated carbocycles. The van der Waals surface area contributed by atoms with Gasteiger partial charge in [0, 0.05) is 30.2 Å². The number of amides is 1. The maximum atomic E-state index is 13.2. The predicted molar refractivity (Wildman–Crippen MR) is 123 cm³/mol. The minimum Gasteiger partial charge on any atom is -0.391 e. The molecule has 1 aromatic carbocycles. The van der Waals surface area contributed by atoms with Crippen LogP contribution in [0.15, 0.2) is 75.5 Å². The third kappa shape index (κ3) is 3.61. The standard InChI is InChI=1S/C24H23N3O3S/c1-14(2)20(25-3)19-21(18-5-4-11-26-23(18)29)27(24(30)22(19)28)17-8-6-15(7-9-17)16-10-12-31-13-16/h4-14,21,25H,1-3H3,(H,26,29)/b20-19-. The number of carbonyl (C=O) groups is 2. The van der Waals surface area contributed by atoms with Crippen LogP contribution >= 0.6 is 11.3 Å². The van der Waals surface area contributed by atoms with Crippen LogP contribution in [-0.2, 0) is 9.59 Å². The molecule has 158 valence electrons. The van der Waals surface area contributed by atoms with Crippen molar-refractivity contribution >= 4 is 28.7 Å². The molecule has 3 heterocycles. The molecule has 1 amide bonds. The predicted octanol–water partition coefficient (Wildman–Crippen LogP) is 3.89. The molecule has 31 heavy (non-hydrogen) atoms. The number of nitrogens with zero attached hydrogens (tertiary/aromatic N) is 1. The molecule has 1 aliphatic rings. The first-order chi connectivity index (χ1) is 14.9. The van der Waals surface area contributed by atoms with Gasteiger partial charge >= 0.3 is 0 Å². The SMILES string of the molecule is CN/C(=C1\C(=O)C(=O)N(c2ccc(-c3ccsc3)cc2)C1c1ccc[nH]c1=O)C(C)C. The Kier molecular flexibility index (Phi) is 5.61. The molecule has 4 rings (SSSR count). The number of ketones is 1. The van der Waals surface area contributed by atoms with Gasteiger partial charge in [0.05, 0.1) is 11.6 Å². The van der Waals surface area contributed by atoms with Crippen molar-refractivity contribution in [1.29, 1.82) is 0 Å². The second-order valence-electron chi connectivity index (χ2n) is 7.65. The number of Topliss-reactive ketones (excluding diaryl/α,β-unsaturated/α-hetero) is 1. The summed E-state index contributed by atoms with van der Waals surface area (Å²) in [6.07, 6.45) is 1.54. The quantitative estimate of drug-likeness (QED) is 0.472. The molecule has 3 aromatic rings. The van der Waals surface area contributed by atoms with Gasteiger partial charge in [-0.1, -0.05) is 26.0 Å². The third-order valence-corrected chi connectivity index (χ3v) is 6.15. The lowest BCUT2D eigenvalue weighted by Crippen LogP contribution is -2.32. The number of nitrogens with one attached hydrogen (secondary N) is 2. The van der Waals surface area contributed by atoms with E-state index in [4.69, 9.17) is 0 Å². The molecule has 1 saturated heterocycles. The number of benzene rings is 1. The molecule has 0 bridgehead atoms. The Balaban J connectivity index is 1.89. The number of anilines is 1. The molecule has 1 aliphatic heterocycles. The summed E-state index contributed by atoms with van der Waals surface area (Å²) in [6, 6.07) is 12.1. The maximum absolute atomic E-state index is 13.2. The van der Waals surface area contributed by atoms with E-state index < -0.39 is 17.7 Å². The van der Waals surface area contributed by atoms with E-state index in [2.05, 4.69) is 15.7 Å². The third-order valence-electron chi connectivity index (χ3n) is 5.47. The molecular formula is C24H23N3O3S. The van der Waals surface area contributed by atoms with Crippen molar-refractivity contribution in [3.63, 3.8) is 0 Å². The average molecular weight is 434 g/mol. The minimum atomic E-state index is -0.804. The number of aromatic nitrogens is 1. The topological polar surface area (TPSA) is 82.3 Å². The summed E-state index contributed by atoms with van der Waals surface area (Å²) in [5, 5.41) is 7.14. The van der Waals surface area contributed by atoms with Crippen LogP contribution in [0.5, 0.6) is 0 Å². The number of carbonyl (C=O) groups excluding carboxylic acids is 2. The fraction of sp³-hybridized carbons (Fsp3) is 0.208. The van der Waals surface area contributed by atoms with Gasteiger partial charge in [-0.15, -0.1) is 0 Å². The summed E-state index contributed by atoms with van der Waals surface area (Å²) in [6.45, 7) is 3.89. The highest BCUT2D eigenvalue weighted by molar-refractivity contribution is 7.08. The zero-order valence-corrected chi connectivity index (χ0v) is 18.3. The molecule has 0 aliphatic carbocycles. The van der Waals surface area contributed by atoms with Gasteiger partial charge in [0.25, 0.3) is 17.2 Å². The van der Waals surface area contributed by atoms with E-state index in [1.165, 1.54) is 11.1 Å². The Morgan fingerprint density at radius 2 is 1.81 bits per heavy atom. The minimum absolute atomic E-state index is 0.0250. The van der Waals surface area contributed by atoms with Crippen LogP contribution in [0.2, 0.25) is 0 Å². The van der Waals surface area contributed by atoms with Crippen molar-refractivity contribution < 1.29 is 9.59 Å². The normalized spacial score (nSPS) is 18.1. The molecule has 7 heteroatoms. The fourth-order valence-electron chi connectivity index (χ4n) is 4.05. The number of rotatable bonds is 5. The Morgan fingerprint density at radius 3 is 2.39 bits per heavy atom. The van der Waals surface area contributed by atoms with Crippen LogP contribution in [0.4, 0.5) is 5.69 Å². The molecule has 1 fully saturated rings. The van der Waals surface area contributed by atoms with Gasteiger partial charge in [0.15, 0.2) is 0 Å². The van der Waals surface area contributed by atoms with Crippen LogP contribution in [0, 0.1) is 5.92 Å². The molecular weight excluding hydrogens is 410 g/mol. The number of hydrogen-bond acceptors (Lipinski definition) is 5. The summed E-state index contributed by atoms with van der Waals surface area (Å²) in [4.78, 5) is 43.1. The van der Waals surface area contributed by atoms with E-state index in [-0.39, 0.29) is 11.5 Å². The van der Waals surface area contributed by atoms with Crippen molar-refractivity contribution in [2.75, 3.05) is 11.9 Å². The molecule has 1 unspecified atom stereocenters. The van der Waals surface area contributed by atoms with E-state index in [0.717, 1.165) is 11.1 Å². The lowest BCUT2D eigenvalue weighted by Gasteiger charge is -2.26. The second-order valence-corrected chi connectivity index (χ2v) is 8.43. The Labute approximate surface area is 184 Å². The van der Waals surface area contributed by atoms with Crippen LogP contribution < -0.4 is 15.8 Å². The fourth-order valence-corrected chi connectivity index (χ4v) is 4.72. The van der Waals surface area contributed by atoms with E-state index >= 15 is 0 Å². The molecule has 1 atom stereocenters. The first-order valence-corrected chi connectivity index (χ1v) is 11.0. The number of hydrogen-bond donors (Lipinski definition) is 2. The number of aromatic amines is 1. The van der Waals surface area contributed by atoms with E-state index in [9.17, 15) is 14.4 Å². The van der Waals surface area contributed by atoms with Crippen molar-refractivity contribution in [2.24, 2.45) is 5.92 Å². The van der Waals surface area contributed by atoms with Crippen LogP contribution in [0.1, 0.15) is 25.5 Å². The van der Waals surface area contributed by atoms with Gasteiger partial charge in [-0.05, 0) is 58.1 Å². The Morgan fingerprint density at radius 1 is 1.06 bits per heavy atom. The maximum Gasteiger partial charge on any atom is 0.300 e. The molecule has 2 aromatic heterocycles. The van der Waals surface area contributed by atoms with Crippen molar-refractivity contribution in [3.8, 4) is 11.1 Å². The monoisotopic (exact) mass is 433 g/mol. The molecule has 6 nitrogen and oxygen atoms in total.